The maximum Gasteiger partial charge on any atom is 0.0716 e. The second kappa shape index (κ2) is 12.8. The Morgan fingerprint density at radius 1 is 0.667 bits per heavy atom. The number of thiophene rings is 2. The summed E-state index contributed by atoms with van der Waals surface area (Å²) < 4.78 is 2.83. The molecule has 0 aromatic carbocycles. The van der Waals surface area contributed by atoms with Crippen LogP contribution in [0, 0.1) is 0 Å². The molecule has 0 spiro atoms. The Labute approximate surface area is 213 Å². The highest BCUT2D eigenvalue weighted by atomic mass is 79.9. The summed E-state index contributed by atoms with van der Waals surface area (Å²) in [5, 5.41) is 0. The van der Waals surface area contributed by atoms with Gasteiger partial charge in [0.1, 0.15) is 0 Å². The van der Waals surface area contributed by atoms with Crippen LogP contribution in [0.2, 0.25) is 0 Å². The number of rotatable bonds is 14. The van der Waals surface area contributed by atoms with Gasteiger partial charge in [0.25, 0.3) is 0 Å². The third-order valence-electron chi connectivity index (χ3n) is 6.24. The van der Waals surface area contributed by atoms with Crippen LogP contribution >= 0.6 is 66.3 Å². The van der Waals surface area contributed by atoms with E-state index in [2.05, 4.69) is 69.6 Å². The Bertz CT molecular complexity index is 761. The molecule has 2 aromatic rings. The lowest BCUT2D eigenvalue weighted by Gasteiger charge is -2.37. The highest BCUT2D eigenvalue weighted by Gasteiger charge is 2.41. The summed E-state index contributed by atoms with van der Waals surface area (Å²) in [5.41, 5.74) is 1.62. The van der Waals surface area contributed by atoms with Crippen molar-refractivity contribution in [3.63, 3.8) is 0 Å². The lowest BCUT2D eigenvalue weighted by Crippen LogP contribution is -2.24. The van der Waals surface area contributed by atoms with Gasteiger partial charge in [-0.2, -0.15) is 0 Å². The van der Waals surface area contributed by atoms with Crippen molar-refractivity contribution in [3.8, 4) is 9.75 Å². The van der Waals surface area contributed by atoms with Gasteiger partial charge in [-0.3, -0.25) is 0 Å². The van der Waals surface area contributed by atoms with Crippen LogP contribution in [0.25, 0.3) is 9.75 Å². The van der Waals surface area contributed by atoms with E-state index in [0.29, 0.717) is 0 Å². The Kier molecular flexibility index (Phi) is 10.8. The molecule has 0 bridgehead atoms. The summed E-state index contributed by atoms with van der Waals surface area (Å²) in [5.74, 6) is 0. The van der Waals surface area contributed by atoms with Crippen molar-refractivity contribution in [2.45, 2.75) is 113 Å². The largest absolute Gasteiger partial charge is 0.127 e. The quantitative estimate of drug-likeness (QED) is 0.197. The van der Waals surface area contributed by atoms with Crippen LogP contribution < -0.4 is 0 Å². The Hall–Kier alpha value is 0.710. The maximum atomic E-state index is 3.83. The van der Waals surface area contributed by atoms with E-state index in [1.54, 1.807) is 5.56 Å². The normalized spacial score (nSPS) is 14.7. The van der Waals surface area contributed by atoms with Crippen molar-refractivity contribution < 1.29 is 0 Å². The minimum atomic E-state index is 0.265. The van der Waals surface area contributed by atoms with Gasteiger partial charge in [0.2, 0.25) is 0 Å². The zero-order valence-electron chi connectivity index (χ0n) is 18.5. The van der Waals surface area contributed by atoms with Crippen molar-refractivity contribution in [3.05, 3.63) is 25.3 Å². The number of hydrogen-bond donors (Lipinski definition) is 0. The van der Waals surface area contributed by atoms with E-state index >= 15 is 0 Å². The third-order valence-corrected chi connectivity index (χ3v) is 11.4. The summed E-state index contributed by atoms with van der Waals surface area (Å²) in [6, 6.07) is 4.83. The van der Waals surface area contributed by atoms with Crippen LogP contribution in [0.1, 0.15) is 109 Å². The van der Waals surface area contributed by atoms with Gasteiger partial charge in [-0.1, -0.05) is 90.9 Å². The lowest BCUT2D eigenvalue weighted by molar-refractivity contribution is 0.453. The number of hydrogen-bond acceptors (Lipinski definition) is 3. The van der Waals surface area contributed by atoms with Gasteiger partial charge < -0.3 is 0 Å². The van der Waals surface area contributed by atoms with Crippen molar-refractivity contribution in [2.75, 3.05) is 0 Å². The van der Waals surface area contributed by atoms with Gasteiger partial charge in [0, 0.05) is 9.64 Å². The molecule has 2 aromatic heterocycles. The predicted molar refractivity (Wildman–Crippen MR) is 147 cm³/mol. The van der Waals surface area contributed by atoms with E-state index in [1.807, 2.05) is 22.7 Å². The smallest absolute Gasteiger partial charge is 0.0716 e. The van der Waals surface area contributed by atoms with Crippen molar-refractivity contribution in [1.82, 2.24) is 0 Å². The minimum absolute atomic E-state index is 0.265. The van der Waals surface area contributed by atoms with E-state index in [-0.39, 0.29) is 4.75 Å². The van der Waals surface area contributed by atoms with E-state index in [0.717, 1.165) is 0 Å². The lowest BCUT2D eigenvalue weighted by atomic mass is 9.86. The second-order valence-electron chi connectivity index (χ2n) is 8.67. The molecule has 0 amide bonds. The monoisotopic (exact) mass is 590 g/mol. The zero-order valence-corrected chi connectivity index (χ0v) is 24.2. The fraction of sp³-hybridized carbons (Fsp3) is 0.680. The first-order chi connectivity index (χ1) is 14.6. The first-order valence-electron chi connectivity index (χ1n) is 11.9. The van der Waals surface area contributed by atoms with Gasteiger partial charge in [-0.15, -0.1) is 34.4 Å². The number of unbranched alkanes of at least 4 members (excludes halogenated alkanes) is 10. The van der Waals surface area contributed by atoms with E-state index < -0.39 is 0 Å². The van der Waals surface area contributed by atoms with Crippen molar-refractivity contribution in [1.29, 1.82) is 0 Å². The summed E-state index contributed by atoms with van der Waals surface area (Å²) in [4.78, 5) is 4.52. The second-order valence-corrected chi connectivity index (χ2v) is 15.0. The fourth-order valence-corrected chi connectivity index (χ4v) is 10.1. The number of halogens is 2. The maximum absolute atomic E-state index is 3.83. The molecule has 0 fully saturated rings. The number of thioether (sulfide) groups is 1. The van der Waals surface area contributed by atoms with Crippen LogP contribution in [-0.4, -0.2) is 0 Å². The average Bonchev–Trinajstić information content (AvgIpc) is 3.29. The topological polar surface area (TPSA) is 0 Å². The molecule has 0 nitrogen and oxygen atoms in total. The molecule has 30 heavy (non-hydrogen) atoms. The molecule has 0 saturated carbocycles. The van der Waals surface area contributed by atoms with Crippen molar-refractivity contribution >= 4 is 66.3 Å². The molecule has 0 N–H and O–H groups in total. The molecule has 5 heteroatoms. The summed E-state index contributed by atoms with van der Waals surface area (Å²) >= 11 is 13.6. The van der Waals surface area contributed by atoms with Crippen molar-refractivity contribution in [2.24, 2.45) is 0 Å². The summed E-state index contributed by atoms with van der Waals surface area (Å²) in [6.45, 7) is 4.61. The molecule has 1 aliphatic heterocycles. The predicted octanol–water partition coefficient (Wildman–Crippen LogP) is 11.8. The molecule has 1 aliphatic rings. The molecule has 0 unspecified atom stereocenters. The van der Waals surface area contributed by atoms with Crippen LogP contribution in [0.3, 0.4) is 0 Å². The molecule has 0 saturated heterocycles. The van der Waals surface area contributed by atoms with Crippen LogP contribution in [0.4, 0.5) is 0 Å². The van der Waals surface area contributed by atoms with Crippen LogP contribution in [0.15, 0.2) is 24.6 Å². The van der Waals surface area contributed by atoms with Gasteiger partial charge in [0.15, 0.2) is 0 Å². The summed E-state index contributed by atoms with van der Waals surface area (Å²) in [6.07, 6.45) is 19.2. The van der Waals surface area contributed by atoms with E-state index in [4.69, 9.17) is 0 Å². The first kappa shape index (κ1) is 25.3. The first-order valence-corrected chi connectivity index (χ1v) is 15.9. The molecule has 168 valence electrons. The average molecular weight is 593 g/mol. The molecule has 3 heterocycles. The SMILES string of the molecule is CCCCCCCCC1(CCCCCCCC)Sc2cc(Br)sc2-c2sc(Br)cc21. The van der Waals surface area contributed by atoms with Crippen LogP contribution in [0.5, 0.6) is 0 Å². The Balaban J connectivity index is 1.74. The fourth-order valence-electron chi connectivity index (χ4n) is 4.59. The molecule has 0 radical (unpaired) electrons. The van der Waals surface area contributed by atoms with Gasteiger partial charge in [-0.05, 0) is 62.4 Å². The standard InChI is InChI=1S/C25H36Br2S3/c1-3-5-7-9-11-13-15-25(16-14-12-10-8-6-4-2)19-17-21(26)28-23(19)24-20(30-25)18-22(27)29-24/h17-18H,3-16H2,1-2H3. The zero-order chi connectivity index (χ0) is 21.4. The number of fused-ring (bicyclic) bond motifs is 3. The van der Waals surface area contributed by atoms with Gasteiger partial charge in [-0.25, -0.2) is 0 Å². The molecule has 0 atom stereocenters. The third kappa shape index (κ3) is 6.62. The van der Waals surface area contributed by atoms with Gasteiger partial charge in [0.05, 0.1) is 17.3 Å². The molecular weight excluding hydrogens is 556 g/mol. The van der Waals surface area contributed by atoms with E-state index in [9.17, 15) is 0 Å². The van der Waals surface area contributed by atoms with Gasteiger partial charge >= 0.3 is 0 Å². The highest BCUT2D eigenvalue weighted by molar-refractivity contribution is 9.11. The highest BCUT2D eigenvalue weighted by Crippen LogP contribution is 2.62. The van der Waals surface area contributed by atoms with E-state index in [1.165, 1.54) is 112 Å². The Morgan fingerprint density at radius 3 is 1.77 bits per heavy atom. The molecular formula is C25H36Br2S3. The Morgan fingerprint density at radius 2 is 1.17 bits per heavy atom. The molecule has 0 aliphatic carbocycles. The minimum Gasteiger partial charge on any atom is -0.127 e. The molecule has 3 rings (SSSR count). The summed E-state index contributed by atoms with van der Waals surface area (Å²) in [7, 11) is 0. The van der Waals surface area contributed by atoms with Crippen LogP contribution in [-0.2, 0) is 4.75 Å².